The molecule has 2 rings (SSSR count). The van der Waals surface area contributed by atoms with Crippen molar-refractivity contribution in [3.63, 3.8) is 0 Å². The van der Waals surface area contributed by atoms with Crippen LogP contribution in [0.25, 0.3) is 0 Å². The van der Waals surface area contributed by atoms with E-state index in [0.29, 0.717) is 19.6 Å². The van der Waals surface area contributed by atoms with Gasteiger partial charge in [0.05, 0.1) is 6.61 Å². The maximum atomic E-state index is 12.9. The van der Waals surface area contributed by atoms with Gasteiger partial charge in [0.15, 0.2) is 5.79 Å². The van der Waals surface area contributed by atoms with Gasteiger partial charge in [-0.05, 0) is 58.8 Å². The summed E-state index contributed by atoms with van der Waals surface area (Å²) < 4.78 is 11.5. The van der Waals surface area contributed by atoms with E-state index in [0.717, 1.165) is 32.2 Å². The fourth-order valence-electron chi connectivity index (χ4n) is 5.90. The highest BCUT2D eigenvalue weighted by Crippen LogP contribution is 2.34. The molecule has 2 aliphatic heterocycles. The number of rotatable bonds is 21. The lowest BCUT2D eigenvalue weighted by atomic mass is 9.85. The molecule has 2 fully saturated rings. The lowest BCUT2D eigenvalue weighted by molar-refractivity contribution is -0.304. The molecule has 8 nitrogen and oxygen atoms in total. The first kappa shape index (κ1) is 37.3. The molecule has 2 aliphatic rings. The van der Waals surface area contributed by atoms with Gasteiger partial charge in [0.1, 0.15) is 6.10 Å². The molecule has 3 amide bonds. The minimum atomic E-state index is -0.816. The number of ether oxygens (including phenoxy) is 2. The minimum absolute atomic E-state index is 0.0628. The number of hydrogen-bond acceptors (Lipinski definition) is 5. The van der Waals surface area contributed by atoms with Crippen LogP contribution in [0.2, 0.25) is 0 Å². The van der Waals surface area contributed by atoms with E-state index >= 15 is 0 Å². The summed E-state index contributed by atoms with van der Waals surface area (Å²) in [6.07, 6.45) is 23.0. The molecule has 8 heteroatoms. The Kier molecular flexibility index (Phi) is 17.5. The van der Waals surface area contributed by atoms with Crippen molar-refractivity contribution >= 4 is 17.7 Å². The van der Waals surface area contributed by atoms with Crippen molar-refractivity contribution in [1.29, 1.82) is 0 Å². The number of likely N-dealkylation sites (tertiary alicyclic amines) is 1. The Balaban J connectivity index is 1.51. The largest absolute Gasteiger partial charge is 0.354 e. The molecule has 0 spiro atoms. The Morgan fingerprint density at radius 1 is 0.837 bits per heavy atom. The quantitative estimate of drug-likeness (QED) is 0.111. The van der Waals surface area contributed by atoms with E-state index in [1.807, 2.05) is 18.7 Å². The highest BCUT2D eigenvalue weighted by atomic mass is 16.7. The Morgan fingerprint density at radius 3 is 2.14 bits per heavy atom. The fraction of sp³-hybridized carbons (Fsp3) is 0.857. The van der Waals surface area contributed by atoms with E-state index in [1.165, 1.54) is 70.6 Å². The summed E-state index contributed by atoms with van der Waals surface area (Å²) in [6, 6.07) is 0.0628. The molecule has 43 heavy (non-hydrogen) atoms. The van der Waals surface area contributed by atoms with Crippen molar-refractivity contribution in [2.75, 3.05) is 26.2 Å². The van der Waals surface area contributed by atoms with Crippen LogP contribution < -0.4 is 10.6 Å². The third kappa shape index (κ3) is 15.1. The third-order valence-electron chi connectivity index (χ3n) is 8.68. The van der Waals surface area contributed by atoms with Gasteiger partial charge in [0.2, 0.25) is 17.7 Å². The molecule has 0 bridgehead atoms. The molecular formula is C35H63N3O5. The Labute approximate surface area is 262 Å². The lowest BCUT2D eigenvalue weighted by Crippen LogP contribution is -2.56. The van der Waals surface area contributed by atoms with Crippen LogP contribution in [0, 0.1) is 5.41 Å². The zero-order valence-corrected chi connectivity index (χ0v) is 28.1. The van der Waals surface area contributed by atoms with E-state index < -0.39 is 17.3 Å². The van der Waals surface area contributed by atoms with Crippen LogP contribution in [0.3, 0.4) is 0 Å². The van der Waals surface area contributed by atoms with Crippen LogP contribution >= 0.6 is 0 Å². The van der Waals surface area contributed by atoms with Gasteiger partial charge in [0, 0.05) is 43.9 Å². The van der Waals surface area contributed by atoms with Crippen LogP contribution in [-0.2, 0) is 23.9 Å². The van der Waals surface area contributed by atoms with E-state index in [9.17, 15) is 14.4 Å². The van der Waals surface area contributed by atoms with Crippen molar-refractivity contribution in [2.24, 2.45) is 5.41 Å². The number of hydrogen-bond donors (Lipinski definition) is 2. The Morgan fingerprint density at radius 2 is 1.47 bits per heavy atom. The van der Waals surface area contributed by atoms with E-state index in [4.69, 9.17) is 9.47 Å². The molecule has 0 saturated carbocycles. The average molecular weight is 606 g/mol. The summed E-state index contributed by atoms with van der Waals surface area (Å²) in [6.45, 7) is 11.6. The monoisotopic (exact) mass is 605 g/mol. The van der Waals surface area contributed by atoms with Crippen LogP contribution in [0.5, 0.6) is 0 Å². The Bertz CT molecular complexity index is 856. The molecule has 0 aromatic heterocycles. The van der Waals surface area contributed by atoms with Crippen LogP contribution in [0.1, 0.15) is 144 Å². The van der Waals surface area contributed by atoms with Crippen molar-refractivity contribution in [3.8, 4) is 0 Å². The zero-order chi connectivity index (χ0) is 31.6. The van der Waals surface area contributed by atoms with Gasteiger partial charge in [-0.25, -0.2) is 0 Å². The first-order valence-corrected chi connectivity index (χ1v) is 17.4. The predicted octanol–water partition coefficient (Wildman–Crippen LogP) is 6.82. The third-order valence-corrected chi connectivity index (χ3v) is 8.68. The summed E-state index contributed by atoms with van der Waals surface area (Å²) in [7, 11) is 0. The van der Waals surface area contributed by atoms with Gasteiger partial charge in [-0.15, -0.1) is 0 Å². The summed E-state index contributed by atoms with van der Waals surface area (Å²) >= 11 is 0. The van der Waals surface area contributed by atoms with Crippen molar-refractivity contribution in [2.45, 2.75) is 162 Å². The number of carbonyl (C=O) groups is 3. The molecule has 2 atom stereocenters. The summed E-state index contributed by atoms with van der Waals surface area (Å²) in [5.74, 6) is -0.950. The van der Waals surface area contributed by atoms with E-state index in [-0.39, 0.29) is 36.7 Å². The van der Waals surface area contributed by atoms with Crippen molar-refractivity contribution in [3.05, 3.63) is 12.2 Å². The number of amides is 3. The van der Waals surface area contributed by atoms with Gasteiger partial charge < -0.3 is 25.0 Å². The smallest absolute Gasteiger partial charge is 0.249 e. The van der Waals surface area contributed by atoms with Gasteiger partial charge in [-0.1, -0.05) is 84.3 Å². The number of allylic oxidation sites excluding steroid dienone is 2. The molecule has 2 saturated heterocycles. The Hall–Kier alpha value is -1.93. The second-order valence-electron chi connectivity index (χ2n) is 13.7. The van der Waals surface area contributed by atoms with Crippen molar-refractivity contribution in [1.82, 2.24) is 15.5 Å². The maximum absolute atomic E-state index is 12.9. The highest BCUT2D eigenvalue weighted by Gasteiger charge is 2.45. The molecule has 0 radical (unpaired) electrons. The molecule has 248 valence electrons. The molecule has 0 aromatic carbocycles. The molecule has 0 aliphatic carbocycles. The molecular weight excluding hydrogens is 542 g/mol. The maximum Gasteiger partial charge on any atom is 0.249 e. The zero-order valence-electron chi connectivity index (χ0n) is 28.1. The molecule has 1 unspecified atom stereocenters. The predicted molar refractivity (Wildman–Crippen MR) is 174 cm³/mol. The van der Waals surface area contributed by atoms with Gasteiger partial charge in [0.25, 0.3) is 0 Å². The topological polar surface area (TPSA) is 97.0 Å². The number of carbonyl (C=O) groups excluding carboxylic acids is 3. The summed E-state index contributed by atoms with van der Waals surface area (Å²) in [4.78, 5) is 40.0. The highest BCUT2D eigenvalue weighted by molar-refractivity contribution is 5.83. The van der Waals surface area contributed by atoms with Crippen LogP contribution in [0.15, 0.2) is 12.2 Å². The van der Waals surface area contributed by atoms with Gasteiger partial charge in [-0.2, -0.15) is 0 Å². The molecule has 0 aromatic rings. The van der Waals surface area contributed by atoms with E-state index in [2.05, 4.69) is 29.7 Å². The average Bonchev–Trinajstić information content (AvgIpc) is 3.44. The minimum Gasteiger partial charge on any atom is -0.354 e. The SMILES string of the molecule is CCCCCCCC/C=C\CCCCCCCC(=O)N1CCC[C@H]1CNC(=O)CCNC(=O)C1OC(C)(C)OCC1(C)C. The molecule has 2 N–H and O–H groups in total. The van der Waals surface area contributed by atoms with Gasteiger partial charge >= 0.3 is 0 Å². The normalized spacial score (nSPS) is 21.3. The van der Waals surface area contributed by atoms with E-state index in [1.54, 1.807) is 13.8 Å². The standard InChI is InChI=1S/C35H63N3O5/c1-6-7-8-9-10-11-12-13-14-15-16-17-18-19-20-23-31(40)38-26-21-22-29(38)27-37-30(39)24-25-36-33(41)32-34(2,3)28-42-35(4,5)43-32/h13-14,29,32H,6-12,15-28H2,1-5H3,(H,36,41)(H,37,39)/b14-13-/t29-,32?/m0/s1. The number of nitrogens with one attached hydrogen (secondary N) is 2. The van der Waals surface area contributed by atoms with Gasteiger partial charge in [-0.3, -0.25) is 14.4 Å². The van der Waals surface area contributed by atoms with Crippen molar-refractivity contribution < 1.29 is 23.9 Å². The van der Waals surface area contributed by atoms with Crippen LogP contribution in [-0.4, -0.2) is 66.8 Å². The second kappa shape index (κ2) is 20.2. The second-order valence-corrected chi connectivity index (χ2v) is 13.7. The lowest BCUT2D eigenvalue weighted by Gasteiger charge is -2.44. The number of unbranched alkanes of at least 4 members (excludes halogenated alkanes) is 11. The number of nitrogens with zero attached hydrogens (tertiary/aromatic N) is 1. The summed E-state index contributed by atoms with van der Waals surface area (Å²) in [5.41, 5.74) is -0.454. The van der Waals surface area contributed by atoms with Crippen LogP contribution in [0.4, 0.5) is 0 Å². The first-order chi connectivity index (χ1) is 20.6. The summed E-state index contributed by atoms with van der Waals surface area (Å²) in [5, 5.41) is 5.82. The fourth-order valence-corrected chi connectivity index (χ4v) is 5.90. The first-order valence-electron chi connectivity index (χ1n) is 17.4. The molecule has 2 heterocycles.